The Balaban J connectivity index is 1.81. The minimum atomic E-state index is -0.675. The largest absolute Gasteiger partial charge is 0.481 e. The SMILES string of the molecule is Cc1cc(Cl)ccc1OC(C)C(=O)NCC(C)(C)CNC(=O)C(C)Oc1ccc(Cl)cc1C. The fourth-order valence-electron chi connectivity index (χ4n) is 2.98. The van der Waals surface area contributed by atoms with Crippen LogP contribution < -0.4 is 20.1 Å². The van der Waals surface area contributed by atoms with Crippen molar-refractivity contribution in [3.05, 3.63) is 57.6 Å². The highest BCUT2D eigenvalue weighted by Gasteiger charge is 2.24. The van der Waals surface area contributed by atoms with Gasteiger partial charge >= 0.3 is 0 Å². The van der Waals surface area contributed by atoms with Crippen molar-refractivity contribution in [2.24, 2.45) is 5.41 Å². The van der Waals surface area contributed by atoms with Crippen molar-refractivity contribution in [3.8, 4) is 11.5 Å². The lowest BCUT2D eigenvalue weighted by Crippen LogP contribution is -2.47. The molecule has 0 aromatic heterocycles. The summed E-state index contributed by atoms with van der Waals surface area (Å²) in [6.07, 6.45) is -1.35. The van der Waals surface area contributed by atoms with Gasteiger partial charge < -0.3 is 20.1 Å². The Morgan fingerprint density at radius 3 is 1.52 bits per heavy atom. The first-order valence-electron chi connectivity index (χ1n) is 10.8. The van der Waals surface area contributed by atoms with E-state index in [1.54, 1.807) is 50.2 Å². The molecule has 6 nitrogen and oxygen atoms in total. The van der Waals surface area contributed by atoms with E-state index in [9.17, 15) is 9.59 Å². The van der Waals surface area contributed by atoms with E-state index in [-0.39, 0.29) is 17.2 Å². The Labute approximate surface area is 205 Å². The molecule has 0 aliphatic heterocycles. The highest BCUT2D eigenvalue weighted by Crippen LogP contribution is 2.24. The fourth-order valence-corrected chi connectivity index (χ4v) is 3.43. The molecule has 0 heterocycles. The first-order chi connectivity index (χ1) is 15.4. The first kappa shape index (κ1) is 26.8. The molecule has 0 fully saturated rings. The zero-order valence-electron chi connectivity index (χ0n) is 19.9. The van der Waals surface area contributed by atoms with E-state index in [2.05, 4.69) is 10.6 Å². The number of halogens is 2. The molecule has 180 valence electrons. The molecule has 2 aromatic rings. The van der Waals surface area contributed by atoms with Gasteiger partial charge in [-0.25, -0.2) is 0 Å². The number of hydrogen-bond acceptors (Lipinski definition) is 4. The van der Waals surface area contributed by atoms with Gasteiger partial charge in [-0.1, -0.05) is 37.0 Å². The molecule has 2 atom stereocenters. The minimum absolute atomic E-state index is 0.237. The van der Waals surface area contributed by atoms with Crippen LogP contribution in [0.25, 0.3) is 0 Å². The third-order valence-electron chi connectivity index (χ3n) is 5.10. The van der Waals surface area contributed by atoms with Crippen LogP contribution in [0.1, 0.15) is 38.8 Å². The summed E-state index contributed by atoms with van der Waals surface area (Å²) in [5, 5.41) is 7.02. The van der Waals surface area contributed by atoms with Crippen LogP contribution in [0.5, 0.6) is 11.5 Å². The Hall–Kier alpha value is -2.44. The molecule has 8 heteroatoms. The molecule has 2 amide bonds. The van der Waals surface area contributed by atoms with Gasteiger partial charge in [0.05, 0.1) is 0 Å². The van der Waals surface area contributed by atoms with Crippen LogP contribution in [0.15, 0.2) is 36.4 Å². The third-order valence-corrected chi connectivity index (χ3v) is 5.57. The van der Waals surface area contributed by atoms with Crippen LogP contribution in [0.4, 0.5) is 0 Å². The summed E-state index contributed by atoms with van der Waals surface area (Å²) in [6.45, 7) is 11.8. The number of hydrogen-bond donors (Lipinski definition) is 2. The van der Waals surface area contributed by atoms with E-state index in [1.165, 1.54) is 0 Å². The van der Waals surface area contributed by atoms with E-state index in [1.807, 2.05) is 27.7 Å². The van der Waals surface area contributed by atoms with Crippen molar-refractivity contribution < 1.29 is 19.1 Å². The van der Waals surface area contributed by atoms with Crippen LogP contribution in [-0.4, -0.2) is 37.1 Å². The Bertz CT molecular complexity index is 917. The lowest BCUT2D eigenvalue weighted by atomic mass is 9.93. The van der Waals surface area contributed by atoms with Crippen LogP contribution in [0.3, 0.4) is 0 Å². The zero-order chi connectivity index (χ0) is 24.8. The van der Waals surface area contributed by atoms with Gasteiger partial charge in [0.2, 0.25) is 0 Å². The molecular weight excluding hydrogens is 463 g/mol. The van der Waals surface area contributed by atoms with Crippen molar-refractivity contribution in [1.82, 2.24) is 10.6 Å². The molecule has 0 aliphatic carbocycles. The highest BCUT2D eigenvalue weighted by molar-refractivity contribution is 6.31. The monoisotopic (exact) mass is 494 g/mol. The number of nitrogens with one attached hydrogen (secondary N) is 2. The lowest BCUT2D eigenvalue weighted by molar-refractivity contribution is -0.128. The second-order valence-corrected chi connectivity index (χ2v) is 9.81. The summed E-state index contributed by atoms with van der Waals surface area (Å²) in [5.41, 5.74) is 1.34. The molecule has 2 rings (SSSR count). The van der Waals surface area contributed by atoms with Crippen LogP contribution >= 0.6 is 23.2 Å². The smallest absolute Gasteiger partial charge is 0.260 e. The predicted octanol–water partition coefficient (Wildman–Crippen LogP) is 5.10. The molecule has 0 radical (unpaired) electrons. The summed E-state index contributed by atoms with van der Waals surface area (Å²) in [6, 6.07) is 10.5. The maximum absolute atomic E-state index is 12.5. The van der Waals surface area contributed by atoms with Crippen molar-refractivity contribution in [1.29, 1.82) is 0 Å². The number of rotatable bonds is 10. The van der Waals surface area contributed by atoms with E-state index >= 15 is 0 Å². The maximum atomic E-state index is 12.5. The topological polar surface area (TPSA) is 76.7 Å². The van der Waals surface area contributed by atoms with Crippen molar-refractivity contribution in [2.45, 2.75) is 53.8 Å². The van der Waals surface area contributed by atoms with Crippen LogP contribution in [0.2, 0.25) is 10.0 Å². The lowest BCUT2D eigenvalue weighted by Gasteiger charge is -2.27. The summed E-state index contributed by atoms with van der Waals surface area (Å²) in [7, 11) is 0. The van der Waals surface area contributed by atoms with Gasteiger partial charge in [-0.05, 0) is 80.6 Å². The summed E-state index contributed by atoms with van der Waals surface area (Å²) >= 11 is 11.9. The molecule has 33 heavy (non-hydrogen) atoms. The van der Waals surface area contributed by atoms with E-state index in [4.69, 9.17) is 32.7 Å². The summed E-state index contributed by atoms with van der Waals surface area (Å²) in [5.74, 6) is 0.745. The number of aryl methyl sites for hydroxylation is 2. The van der Waals surface area contributed by atoms with Gasteiger partial charge in [0.1, 0.15) is 11.5 Å². The molecule has 0 saturated carbocycles. The number of carbonyl (C=O) groups is 2. The molecule has 0 aliphatic rings. The normalized spacial score (nSPS) is 13.1. The molecule has 2 unspecified atom stereocenters. The summed E-state index contributed by atoms with van der Waals surface area (Å²) < 4.78 is 11.5. The van der Waals surface area contributed by atoms with Gasteiger partial charge in [0.15, 0.2) is 12.2 Å². The van der Waals surface area contributed by atoms with Crippen LogP contribution in [-0.2, 0) is 9.59 Å². The third kappa shape index (κ3) is 8.45. The van der Waals surface area contributed by atoms with Crippen LogP contribution in [0, 0.1) is 19.3 Å². The fraction of sp³-hybridized carbons (Fsp3) is 0.440. The Morgan fingerprint density at radius 2 is 1.18 bits per heavy atom. The molecule has 0 saturated heterocycles. The minimum Gasteiger partial charge on any atom is -0.481 e. The first-order valence-corrected chi connectivity index (χ1v) is 11.5. The Morgan fingerprint density at radius 1 is 0.818 bits per heavy atom. The number of carbonyl (C=O) groups excluding carboxylic acids is 2. The standard InChI is InChI=1S/C25H32Cl2N2O4/c1-15-11-19(26)7-9-21(15)32-17(3)23(30)28-13-25(5,6)14-29-24(31)18(4)33-22-10-8-20(27)12-16(22)2/h7-12,17-18H,13-14H2,1-6H3,(H,28,30)(H,29,31). The summed E-state index contributed by atoms with van der Waals surface area (Å²) in [4.78, 5) is 25.0. The van der Waals surface area contributed by atoms with Gasteiger partial charge in [-0.15, -0.1) is 0 Å². The molecule has 0 spiro atoms. The second-order valence-electron chi connectivity index (χ2n) is 8.94. The zero-order valence-corrected chi connectivity index (χ0v) is 21.4. The van der Waals surface area contributed by atoms with Gasteiger partial charge in [0, 0.05) is 23.1 Å². The van der Waals surface area contributed by atoms with E-state index in [0.29, 0.717) is 34.6 Å². The quantitative estimate of drug-likeness (QED) is 0.481. The number of amides is 2. The second kappa shape index (κ2) is 11.6. The Kier molecular flexibility index (Phi) is 9.44. The molecular formula is C25H32Cl2N2O4. The maximum Gasteiger partial charge on any atom is 0.260 e. The average molecular weight is 495 g/mol. The number of ether oxygens (including phenoxy) is 2. The van der Waals surface area contributed by atoms with Crippen molar-refractivity contribution in [2.75, 3.05) is 13.1 Å². The highest BCUT2D eigenvalue weighted by atomic mass is 35.5. The predicted molar refractivity (Wildman–Crippen MR) is 132 cm³/mol. The van der Waals surface area contributed by atoms with Crippen molar-refractivity contribution in [3.63, 3.8) is 0 Å². The molecule has 2 N–H and O–H groups in total. The molecule has 0 bridgehead atoms. The van der Waals surface area contributed by atoms with Crippen molar-refractivity contribution >= 4 is 35.0 Å². The average Bonchev–Trinajstić information content (AvgIpc) is 2.74. The van der Waals surface area contributed by atoms with E-state index < -0.39 is 12.2 Å². The van der Waals surface area contributed by atoms with Gasteiger partial charge in [0.25, 0.3) is 11.8 Å². The van der Waals surface area contributed by atoms with Gasteiger partial charge in [-0.2, -0.15) is 0 Å². The number of benzene rings is 2. The molecule has 2 aromatic carbocycles. The van der Waals surface area contributed by atoms with Gasteiger partial charge in [-0.3, -0.25) is 9.59 Å². The van der Waals surface area contributed by atoms with E-state index in [0.717, 1.165) is 11.1 Å².